The molecule has 0 aliphatic heterocycles. The minimum atomic E-state index is -0.851. The van der Waals surface area contributed by atoms with Gasteiger partial charge in [0.1, 0.15) is 5.75 Å². The molecule has 3 aromatic rings. The van der Waals surface area contributed by atoms with Crippen molar-refractivity contribution >= 4 is 11.6 Å². The van der Waals surface area contributed by atoms with E-state index in [1.54, 1.807) is 24.3 Å². The van der Waals surface area contributed by atoms with Crippen LogP contribution in [0.15, 0.2) is 36.7 Å². The van der Waals surface area contributed by atoms with Crippen molar-refractivity contribution in [2.75, 3.05) is 0 Å². The molecule has 0 N–H and O–H groups in total. The summed E-state index contributed by atoms with van der Waals surface area (Å²) in [5.41, 5.74) is 0.552. The smallest absolute Gasteiger partial charge is 0.321 e. The first-order valence-corrected chi connectivity index (χ1v) is 6.22. The van der Waals surface area contributed by atoms with Crippen molar-refractivity contribution in [3.8, 4) is 23.1 Å². The van der Waals surface area contributed by atoms with Crippen LogP contribution in [0.2, 0.25) is 5.02 Å². The molecule has 9 heteroatoms. The molecule has 0 saturated heterocycles. The monoisotopic (exact) mass is 306 g/mol. The number of tetrazole rings is 1. The summed E-state index contributed by atoms with van der Waals surface area (Å²) >= 11 is 5.71. The topological polar surface area (TPSA) is 78.6 Å². The van der Waals surface area contributed by atoms with E-state index in [2.05, 4.69) is 25.4 Å². The van der Waals surface area contributed by atoms with Crippen LogP contribution in [-0.4, -0.2) is 30.2 Å². The summed E-state index contributed by atoms with van der Waals surface area (Å²) in [6.45, 7) is -0.851. The lowest BCUT2D eigenvalue weighted by Crippen LogP contribution is -1.97. The second-order valence-corrected chi connectivity index (χ2v) is 4.32. The maximum atomic E-state index is 12.5. The summed E-state index contributed by atoms with van der Waals surface area (Å²) in [7, 11) is 0. The van der Waals surface area contributed by atoms with Gasteiger partial charge in [0.05, 0.1) is 23.0 Å². The molecule has 0 radical (unpaired) electrons. The van der Waals surface area contributed by atoms with Gasteiger partial charge in [0.25, 0.3) is 0 Å². The van der Waals surface area contributed by atoms with Gasteiger partial charge < -0.3 is 4.74 Å². The summed E-state index contributed by atoms with van der Waals surface area (Å²) in [6.07, 6.45) is 2.84. The highest BCUT2D eigenvalue weighted by atomic mass is 35.5. The van der Waals surface area contributed by atoms with Gasteiger partial charge in [0.15, 0.2) is 0 Å². The predicted molar refractivity (Wildman–Crippen MR) is 71.5 cm³/mol. The molecule has 0 spiro atoms. The number of ether oxygens (including phenoxy) is 1. The van der Waals surface area contributed by atoms with E-state index in [0.717, 1.165) is 4.80 Å². The van der Waals surface area contributed by atoms with Gasteiger partial charge in [-0.15, -0.1) is 15.0 Å². The van der Waals surface area contributed by atoms with Crippen LogP contribution in [0.4, 0.5) is 4.39 Å². The van der Waals surface area contributed by atoms with Crippen molar-refractivity contribution in [1.82, 2.24) is 30.2 Å². The number of rotatable bonds is 4. The van der Waals surface area contributed by atoms with Gasteiger partial charge in [-0.3, -0.25) is 0 Å². The Morgan fingerprint density at radius 1 is 1.19 bits per heavy atom. The molecule has 21 heavy (non-hydrogen) atoms. The van der Waals surface area contributed by atoms with Gasteiger partial charge >= 0.3 is 6.01 Å². The van der Waals surface area contributed by atoms with E-state index < -0.39 is 6.80 Å². The second-order valence-electron chi connectivity index (χ2n) is 3.89. The Hall–Kier alpha value is -2.61. The van der Waals surface area contributed by atoms with Crippen LogP contribution in [0.25, 0.3) is 11.4 Å². The summed E-state index contributed by atoms with van der Waals surface area (Å²) in [5.74, 6) is 0.676. The summed E-state index contributed by atoms with van der Waals surface area (Å²) in [5, 5.41) is 11.6. The van der Waals surface area contributed by atoms with Gasteiger partial charge in [-0.05, 0) is 17.3 Å². The fourth-order valence-electron chi connectivity index (χ4n) is 1.59. The normalized spacial score (nSPS) is 10.6. The van der Waals surface area contributed by atoms with E-state index in [4.69, 9.17) is 16.3 Å². The number of nitrogens with zero attached hydrogens (tertiary/aromatic N) is 6. The summed E-state index contributed by atoms with van der Waals surface area (Å²) in [4.78, 5) is 8.72. The van der Waals surface area contributed by atoms with Crippen LogP contribution in [-0.2, 0) is 6.80 Å². The maximum Gasteiger partial charge on any atom is 0.321 e. The van der Waals surface area contributed by atoms with Gasteiger partial charge in [-0.25, -0.2) is 14.4 Å². The SMILES string of the molecule is FCn1nnc(-c2ccccc2Oc2ncc(Cl)cn2)n1. The molecule has 7 nitrogen and oxygen atoms in total. The van der Waals surface area contributed by atoms with Crippen molar-refractivity contribution < 1.29 is 9.13 Å². The fraction of sp³-hybridized carbons (Fsp3) is 0.0833. The third kappa shape index (κ3) is 2.95. The molecule has 0 fully saturated rings. The van der Waals surface area contributed by atoms with Crippen molar-refractivity contribution in [1.29, 1.82) is 0 Å². The van der Waals surface area contributed by atoms with Gasteiger partial charge in [-0.1, -0.05) is 23.7 Å². The molecule has 0 unspecified atom stereocenters. The van der Waals surface area contributed by atoms with Crippen molar-refractivity contribution in [2.45, 2.75) is 6.80 Å². The lowest BCUT2D eigenvalue weighted by atomic mass is 10.2. The second kappa shape index (κ2) is 5.80. The third-order valence-electron chi connectivity index (χ3n) is 2.49. The fourth-order valence-corrected chi connectivity index (χ4v) is 1.69. The standard InChI is InChI=1S/C12H8ClFN6O/c13-8-5-15-12(16-6-8)21-10-4-2-1-3-9(10)11-17-19-20(7-14)18-11/h1-6H,7H2. The molecule has 1 aromatic carbocycles. The molecule has 2 aromatic heterocycles. The van der Waals surface area contributed by atoms with Crippen LogP contribution in [0.1, 0.15) is 0 Å². The number of benzene rings is 1. The van der Waals surface area contributed by atoms with Gasteiger partial charge in [0.2, 0.25) is 12.6 Å². The molecule has 0 aliphatic rings. The molecule has 3 rings (SSSR count). The Bertz CT molecular complexity index is 748. The van der Waals surface area contributed by atoms with Crippen LogP contribution < -0.4 is 4.74 Å². The maximum absolute atomic E-state index is 12.5. The largest absolute Gasteiger partial charge is 0.424 e. The predicted octanol–water partition coefficient (Wildman–Crippen LogP) is 2.50. The molecule has 0 amide bonds. The summed E-state index contributed by atoms with van der Waals surface area (Å²) in [6, 6.07) is 7.11. The molecular formula is C12H8ClFN6O. The number of hydrogen-bond donors (Lipinski definition) is 0. The van der Waals surface area contributed by atoms with Crippen molar-refractivity contribution in [3.63, 3.8) is 0 Å². The molecule has 0 atom stereocenters. The van der Waals surface area contributed by atoms with E-state index in [1.165, 1.54) is 12.4 Å². The highest BCUT2D eigenvalue weighted by Crippen LogP contribution is 2.29. The number of halogens is 2. The molecule has 0 aliphatic carbocycles. The number of hydrogen-bond acceptors (Lipinski definition) is 6. The van der Waals surface area contributed by atoms with E-state index in [1.807, 2.05) is 0 Å². The van der Waals surface area contributed by atoms with Crippen LogP contribution in [0, 0.1) is 0 Å². The molecule has 2 heterocycles. The number of para-hydroxylation sites is 1. The Morgan fingerprint density at radius 2 is 1.95 bits per heavy atom. The van der Waals surface area contributed by atoms with Crippen LogP contribution >= 0.6 is 11.6 Å². The van der Waals surface area contributed by atoms with Crippen molar-refractivity contribution in [3.05, 3.63) is 41.7 Å². The molecule has 0 saturated carbocycles. The van der Waals surface area contributed by atoms with Gasteiger partial charge in [0, 0.05) is 0 Å². The first-order chi connectivity index (χ1) is 10.3. The molecular weight excluding hydrogens is 299 g/mol. The Balaban J connectivity index is 1.94. The van der Waals surface area contributed by atoms with E-state index in [0.29, 0.717) is 16.3 Å². The van der Waals surface area contributed by atoms with E-state index >= 15 is 0 Å². The lowest BCUT2D eigenvalue weighted by Gasteiger charge is -2.06. The van der Waals surface area contributed by atoms with E-state index in [9.17, 15) is 4.39 Å². The Labute approximate surface area is 123 Å². The molecule has 106 valence electrons. The summed E-state index contributed by atoms with van der Waals surface area (Å²) < 4.78 is 18.0. The minimum absolute atomic E-state index is 0.129. The van der Waals surface area contributed by atoms with E-state index in [-0.39, 0.29) is 11.8 Å². The third-order valence-corrected chi connectivity index (χ3v) is 2.68. The minimum Gasteiger partial charge on any atom is -0.424 e. The highest BCUT2D eigenvalue weighted by Gasteiger charge is 2.13. The van der Waals surface area contributed by atoms with Crippen LogP contribution in [0.3, 0.4) is 0 Å². The first kappa shape index (κ1) is 13.4. The zero-order chi connectivity index (χ0) is 14.7. The van der Waals surface area contributed by atoms with Crippen LogP contribution in [0.5, 0.6) is 11.8 Å². The highest BCUT2D eigenvalue weighted by molar-refractivity contribution is 6.30. The zero-order valence-electron chi connectivity index (χ0n) is 10.5. The lowest BCUT2D eigenvalue weighted by molar-refractivity contribution is 0.314. The Morgan fingerprint density at radius 3 is 2.67 bits per heavy atom. The number of aromatic nitrogens is 6. The Kier molecular flexibility index (Phi) is 3.69. The average molecular weight is 307 g/mol. The zero-order valence-corrected chi connectivity index (χ0v) is 11.3. The quantitative estimate of drug-likeness (QED) is 0.737. The number of alkyl halides is 1. The molecule has 0 bridgehead atoms. The van der Waals surface area contributed by atoms with Gasteiger partial charge in [-0.2, -0.15) is 0 Å². The first-order valence-electron chi connectivity index (χ1n) is 5.85. The average Bonchev–Trinajstić information content (AvgIpc) is 2.99. The van der Waals surface area contributed by atoms with Crippen molar-refractivity contribution in [2.24, 2.45) is 0 Å².